The predicted octanol–water partition coefficient (Wildman–Crippen LogP) is 1.50. The van der Waals surface area contributed by atoms with Crippen LogP contribution in [0.15, 0.2) is 23.1 Å². The number of nitrogens with one attached hydrogen (secondary N) is 1. The van der Waals surface area contributed by atoms with Gasteiger partial charge in [-0.05, 0) is 38.1 Å². The van der Waals surface area contributed by atoms with Crippen molar-refractivity contribution in [2.45, 2.75) is 23.8 Å². The summed E-state index contributed by atoms with van der Waals surface area (Å²) in [5.74, 6) is -0.695. The summed E-state index contributed by atoms with van der Waals surface area (Å²) in [6.07, 6.45) is 1.58. The van der Waals surface area contributed by atoms with Crippen molar-refractivity contribution in [1.29, 1.82) is 0 Å². The monoisotopic (exact) mass is 346 g/mol. The Hall–Kier alpha value is -1.15. The minimum atomic E-state index is -3.81. The van der Waals surface area contributed by atoms with E-state index < -0.39 is 16.0 Å². The molecule has 0 bridgehead atoms. The van der Waals surface area contributed by atoms with Crippen molar-refractivity contribution >= 4 is 27.6 Å². The summed E-state index contributed by atoms with van der Waals surface area (Å²) in [5.41, 5.74) is 0.00186. The van der Waals surface area contributed by atoms with Crippen LogP contribution >= 0.6 is 11.6 Å². The Morgan fingerprint density at radius 2 is 2.23 bits per heavy atom. The smallest absolute Gasteiger partial charge is 0.339 e. The van der Waals surface area contributed by atoms with E-state index in [4.69, 9.17) is 11.6 Å². The molecule has 1 aliphatic heterocycles. The Kier molecular flexibility index (Phi) is 5.44. The first kappa shape index (κ1) is 17.2. The maximum atomic E-state index is 12.9. The summed E-state index contributed by atoms with van der Waals surface area (Å²) in [6.45, 7) is 0.995. The number of sulfonamides is 1. The van der Waals surface area contributed by atoms with Crippen LogP contribution in [0.4, 0.5) is 0 Å². The van der Waals surface area contributed by atoms with Crippen LogP contribution < -0.4 is 5.32 Å². The quantitative estimate of drug-likeness (QED) is 0.818. The van der Waals surface area contributed by atoms with Gasteiger partial charge in [-0.25, -0.2) is 13.2 Å². The maximum Gasteiger partial charge on any atom is 0.339 e. The Morgan fingerprint density at radius 3 is 2.86 bits per heavy atom. The van der Waals surface area contributed by atoms with Crippen LogP contribution in [0.2, 0.25) is 5.02 Å². The van der Waals surface area contributed by atoms with E-state index in [9.17, 15) is 13.2 Å². The molecule has 1 atom stereocenters. The molecule has 6 nitrogen and oxygen atoms in total. The van der Waals surface area contributed by atoms with E-state index in [1.54, 1.807) is 7.05 Å². The molecule has 1 aromatic carbocycles. The lowest BCUT2D eigenvalue weighted by atomic mass is 10.2. The van der Waals surface area contributed by atoms with Crippen LogP contribution in [-0.4, -0.2) is 52.0 Å². The third kappa shape index (κ3) is 3.27. The van der Waals surface area contributed by atoms with Gasteiger partial charge < -0.3 is 10.1 Å². The van der Waals surface area contributed by atoms with Crippen LogP contribution in [0.25, 0.3) is 0 Å². The van der Waals surface area contributed by atoms with Crippen LogP contribution in [0.3, 0.4) is 0 Å². The Labute approximate surface area is 135 Å². The molecule has 1 unspecified atom stereocenters. The van der Waals surface area contributed by atoms with Crippen LogP contribution in [0.5, 0.6) is 0 Å². The van der Waals surface area contributed by atoms with Crippen molar-refractivity contribution in [2.75, 3.05) is 27.2 Å². The number of benzene rings is 1. The fourth-order valence-electron chi connectivity index (χ4n) is 2.68. The fourth-order valence-corrected chi connectivity index (χ4v) is 4.82. The Morgan fingerprint density at radius 1 is 1.50 bits per heavy atom. The first-order chi connectivity index (χ1) is 10.4. The number of nitrogens with zero attached hydrogens (tertiary/aromatic N) is 1. The molecule has 0 aliphatic carbocycles. The Bertz CT molecular complexity index is 663. The topological polar surface area (TPSA) is 75.7 Å². The Balaban J connectivity index is 2.49. The van der Waals surface area contributed by atoms with Gasteiger partial charge in [0.25, 0.3) is 0 Å². The summed E-state index contributed by atoms with van der Waals surface area (Å²) in [6, 6.07) is 4.03. The summed E-state index contributed by atoms with van der Waals surface area (Å²) < 4.78 is 32.0. The lowest BCUT2D eigenvalue weighted by Crippen LogP contribution is -2.41. The summed E-state index contributed by atoms with van der Waals surface area (Å²) in [7, 11) is -0.815. The largest absolute Gasteiger partial charge is 0.465 e. The molecule has 1 fully saturated rings. The second-order valence-corrected chi connectivity index (χ2v) is 7.40. The molecule has 0 amide bonds. The number of esters is 1. The number of rotatable bonds is 5. The first-order valence-corrected chi connectivity index (χ1v) is 8.78. The number of carbonyl (C=O) groups is 1. The van der Waals surface area contributed by atoms with Gasteiger partial charge in [-0.1, -0.05) is 11.6 Å². The van der Waals surface area contributed by atoms with E-state index in [0.717, 1.165) is 12.8 Å². The minimum Gasteiger partial charge on any atom is -0.465 e. The van der Waals surface area contributed by atoms with E-state index in [1.165, 1.54) is 29.6 Å². The molecule has 22 heavy (non-hydrogen) atoms. The van der Waals surface area contributed by atoms with Crippen LogP contribution in [0, 0.1) is 0 Å². The molecule has 0 radical (unpaired) electrons. The first-order valence-electron chi connectivity index (χ1n) is 6.96. The molecule has 1 N–H and O–H groups in total. The number of likely N-dealkylation sites (N-methyl/N-ethyl adjacent to an activating group) is 1. The fraction of sp³-hybridized carbons (Fsp3) is 0.500. The molecule has 2 rings (SSSR count). The van der Waals surface area contributed by atoms with Gasteiger partial charge in [-0.3, -0.25) is 0 Å². The molecule has 1 aliphatic rings. The second kappa shape index (κ2) is 6.95. The maximum absolute atomic E-state index is 12.9. The van der Waals surface area contributed by atoms with Crippen LogP contribution in [-0.2, 0) is 14.8 Å². The molecule has 1 heterocycles. The standard InChI is InChI=1S/C14H19ClN2O4S/c1-16-9-11-4-3-7-17(11)22(19,20)13-8-10(15)5-6-12(13)14(18)21-2/h5-6,8,11,16H,3-4,7,9H2,1-2H3. The highest BCUT2D eigenvalue weighted by molar-refractivity contribution is 7.89. The molecule has 0 spiro atoms. The van der Waals surface area contributed by atoms with E-state index in [1.807, 2.05) is 0 Å². The van der Waals surface area contributed by atoms with Crippen molar-refractivity contribution in [1.82, 2.24) is 9.62 Å². The van der Waals surface area contributed by atoms with Gasteiger partial charge in [0.1, 0.15) is 0 Å². The van der Waals surface area contributed by atoms with Crippen molar-refractivity contribution in [2.24, 2.45) is 0 Å². The predicted molar refractivity (Wildman–Crippen MR) is 83.6 cm³/mol. The van der Waals surface area contributed by atoms with Gasteiger partial charge in [0.15, 0.2) is 0 Å². The zero-order valence-corrected chi connectivity index (χ0v) is 14.1. The summed E-state index contributed by atoms with van der Waals surface area (Å²) >= 11 is 5.93. The number of ether oxygens (including phenoxy) is 1. The molecule has 1 aromatic rings. The third-order valence-corrected chi connectivity index (χ3v) is 5.93. The van der Waals surface area contributed by atoms with Gasteiger partial charge in [0.2, 0.25) is 10.0 Å². The average Bonchev–Trinajstić information content (AvgIpc) is 2.96. The second-order valence-electron chi connectivity index (χ2n) is 5.10. The highest BCUT2D eigenvalue weighted by atomic mass is 35.5. The van der Waals surface area contributed by atoms with E-state index in [2.05, 4.69) is 10.1 Å². The SMILES string of the molecule is CNCC1CCCN1S(=O)(=O)c1cc(Cl)ccc1C(=O)OC. The van der Waals surface area contributed by atoms with Gasteiger partial charge in [0.05, 0.1) is 17.6 Å². The number of halogens is 1. The third-order valence-electron chi connectivity index (χ3n) is 3.70. The van der Waals surface area contributed by atoms with Gasteiger partial charge >= 0.3 is 5.97 Å². The minimum absolute atomic E-state index is 0.00186. The number of hydrogen-bond donors (Lipinski definition) is 1. The van der Waals surface area contributed by atoms with Gasteiger partial charge in [-0.15, -0.1) is 0 Å². The highest BCUT2D eigenvalue weighted by Crippen LogP contribution is 2.29. The molecule has 1 saturated heterocycles. The normalized spacial score (nSPS) is 19.3. The lowest BCUT2D eigenvalue weighted by molar-refractivity contribution is 0.0596. The molecular formula is C14H19ClN2O4S. The number of carbonyl (C=O) groups excluding carboxylic acids is 1. The van der Waals surface area contributed by atoms with Crippen molar-refractivity contribution < 1.29 is 17.9 Å². The van der Waals surface area contributed by atoms with Crippen molar-refractivity contribution in [3.8, 4) is 0 Å². The molecule has 122 valence electrons. The number of hydrogen-bond acceptors (Lipinski definition) is 5. The summed E-state index contributed by atoms with van der Waals surface area (Å²) in [5, 5.41) is 3.26. The van der Waals surface area contributed by atoms with Crippen LogP contribution in [0.1, 0.15) is 23.2 Å². The van der Waals surface area contributed by atoms with E-state index in [0.29, 0.717) is 13.1 Å². The summed E-state index contributed by atoms with van der Waals surface area (Å²) in [4.78, 5) is 11.8. The highest BCUT2D eigenvalue weighted by Gasteiger charge is 2.37. The number of methoxy groups -OCH3 is 1. The lowest BCUT2D eigenvalue weighted by Gasteiger charge is -2.24. The molecule has 8 heteroatoms. The molecule has 0 aromatic heterocycles. The van der Waals surface area contributed by atoms with E-state index >= 15 is 0 Å². The van der Waals surface area contributed by atoms with E-state index in [-0.39, 0.29) is 21.5 Å². The van der Waals surface area contributed by atoms with Gasteiger partial charge in [0, 0.05) is 24.2 Å². The van der Waals surface area contributed by atoms with Crippen molar-refractivity contribution in [3.05, 3.63) is 28.8 Å². The zero-order valence-electron chi connectivity index (χ0n) is 12.5. The molecular weight excluding hydrogens is 328 g/mol. The van der Waals surface area contributed by atoms with Gasteiger partial charge in [-0.2, -0.15) is 4.31 Å². The van der Waals surface area contributed by atoms with Crippen molar-refractivity contribution in [3.63, 3.8) is 0 Å². The molecule has 0 saturated carbocycles. The average molecular weight is 347 g/mol. The zero-order chi connectivity index (χ0) is 16.3.